The van der Waals surface area contributed by atoms with Crippen LogP contribution in [0.4, 0.5) is 0 Å². The Bertz CT molecular complexity index is 410. The van der Waals surface area contributed by atoms with Crippen LogP contribution in [0.1, 0.15) is 54.4 Å². The minimum absolute atomic E-state index is 0.178. The van der Waals surface area contributed by atoms with Gasteiger partial charge in [0.05, 0.1) is 0 Å². The summed E-state index contributed by atoms with van der Waals surface area (Å²) >= 11 is 0. The molecule has 0 heterocycles. The summed E-state index contributed by atoms with van der Waals surface area (Å²) in [6, 6.07) is 7.63. The van der Waals surface area contributed by atoms with E-state index < -0.39 is 5.97 Å². The number of ketones is 1. The molecule has 98 valence electrons. The molecule has 0 unspecified atom stereocenters. The lowest BCUT2D eigenvalue weighted by Crippen LogP contribution is -1.99. The summed E-state index contributed by atoms with van der Waals surface area (Å²) in [4.78, 5) is 22.1. The van der Waals surface area contributed by atoms with E-state index in [4.69, 9.17) is 5.11 Å². The van der Waals surface area contributed by atoms with Gasteiger partial charge in [0.2, 0.25) is 0 Å². The lowest BCUT2D eigenvalue weighted by molar-refractivity contribution is -0.137. The molecule has 0 aliphatic carbocycles. The van der Waals surface area contributed by atoms with E-state index in [1.807, 2.05) is 31.2 Å². The number of hydrogen-bond donors (Lipinski definition) is 1. The van der Waals surface area contributed by atoms with Crippen molar-refractivity contribution in [3.63, 3.8) is 0 Å². The van der Waals surface area contributed by atoms with Crippen molar-refractivity contribution in [1.29, 1.82) is 0 Å². The van der Waals surface area contributed by atoms with Gasteiger partial charge in [-0.05, 0) is 25.8 Å². The topological polar surface area (TPSA) is 54.4 Å². The Morgan fingerprint density at radius 2 is 1.72 bits per heavy atom. The first kappa shape index (κ1) is 14.4. The number of aryl methyl sites for hydroxylation is 1. The molecule has 1 N–H and O–H groups in total. The molecule has 0 saturated carbocycles. The van der Waals surface area contributed by atoms with Crippen molar-refractivity contribution in [2.24, 2.45) is 0 Å². The van der Waals surface area contributed by atoms with Crippen LogP contribution < -0.4 is 0 Å². The van der Waals surface area contributed by atoms with Gasteiger partial charge < -0.3 is 5.11 Å². The lowest BCUT2D eigenvalue weighted by atomic mass is 10.0. The minimum Gasteiger partial charge on any atom is -0.481 e. The highest BCUT2D eigenvalue weighted by Crippen LogP contribution is 2.11. The van der Waals surface area contributed by atoms with Crippen molar-refractivity contribution in [3.05, 3.63) is 35.4 Å². The molecule has 18 heavy (non-hydrogen) atoms. The molecule has 0 radical (unpaired) electrons. The number of hydrogen-bond acceptors (Lipinski definition) is 2. The Labute approximate surface area is 108 Å². The van der Waals surface area contributed by atoms with Gasteiger partial charge in [0, 0.05) is 18.4 Å². The Kier molecular flexibility index (Phi) is 6.12. The number of carboxylic acids is 1. The van der Waals surface area contributed by atoms with Crippen LogP contribution in [0.2, 0.25) is 0 Å². The molecule has 0 aliphatic heterocycles. The van der Waals surface area contributed by atoms with E-state index in [1.54, 1.807) is 0 Å². The maximum Gasteiger partial charge on any atom is 0.303 e. The van der Waals surface area contributed by atoms with Crippen LogP contribution in [-0.4, -0.2) is 16.9 Å². The number of aliphatic carboxylic acids is 1. The van der Waals surface area contributed by atoms with E-state index in [0.717, 1.165) is 30.4 Å². The van der Waals surface area contributed by atoms with E-state index in [0.29, 0.717) is 12.8 Å². The van der Waals surface area contributed by atoms with E-state index in [1.165, 1.54) is 0 Å². The molecule has 3 heteroatoms. The highest BCUT2D eigenvalue weighted by molar-refractivity contribution is 5.96. The van der Waals surface area contributed by atoms with Crippen molar-refractivity contribution in [2.45, 2.75) is 45.4 Å². The Balaban J connectivity index is 2.20. The molecule has 0 bridgehead atoms. The summed E-state index contributed by atoms with van der Waals surface area (Å²) in [7, 11) is 0. The van der Waals surface area contributed by atoms with Crippen molar-refractivity contribution >= 4 is 11.8 Å². The summed E-state index contributed by atoms with van der Waals surface area (Å²) in [5.74, 6) is -0.567. The molecule has 0 atom stereocenters. The average Bonchev–Trinajstić information content (AvgIpc) is 2.33. The number of rotatable bonds is 8. The first-order chi connectivity index (χ1) is 8.59. The van der Waals surface area contributed by atoms with Gasteiger partial charge in [-0.15, -0.1) is 0 Å². The highest BCUT2D eigenvalue weighted by Gasteiger charge is 2.05. The third-order valence-electron chi connectivity index (χ3n) is 2.88. The van der Waals surface area contributed by atoms with Crippen LogP contribution in [0, 0.1) is 6.92 Å². The van der Waals surface area contributed by atoms with Gasteiger partial charge in [-0.1, -0.05) is 36.6 Å². The molecule has 0 aromatic heterocycles. The normalized spacial score (nSPS) is 10.3. The second-order valence-electron chi connectivity index (χ2n) is 4.60. The first-order valence-electron chi connectivity index (χ1n) is 6.41. The summed E-state index contributed by atoms with van der Waals surface area (Å²) in [6.45, 7) is 1.97. The fraction of sp³-hybridized carbons (Fsp3) is 0.467. The van der Waals surface area contributed by atoms with Gasteiger partial charge >= 0.3 is 5.97 Å². The Morgan fingerprint density at radius 1 is 1.06 bits per heavy atom. The van der Waals surface area contributed by atoms with Crippen molar-refractivity contribution in [3.8, 4) is 0 Å². The number of carboxylic acid groups (broad SMARTS) is 1. The summed E-state index contributed by atoms with van der Waals surface area (Å²) in [5, 5.41) is 8.48. The lowest BCUT2D eigenvalue weighted by Gasteiger charge is -2.02. The zero-order valence-corrected chi connectivity index (χ0v) is 10.8. The monoisotopic (exact) mass is 248 g/mol. The molecule has 1 aromatic carbocycles. The van der Waals surface area contributed by atoms with Crippen LogP contribution in [0.3, 0.4) is 0 Å². The number of Topliss-reactive ketones (excluding diaryl/α,β-unsaturated/α-hetero) is 1. The van der Waals surface area contributed by atoms with E-state index in [-0.39, 0.29) is 12.2 Å². The quantitative estimate of drug-likeness (QED) is 0.565. The second-order valence-corrected chi connectivity index (χ2v) is 4.60. The molecule has 3 nitrogen and oxygen atoms in total. The third kappa shape index (κ3) is 5.62. The SMILES string of the molecule is Cc1cccc(C(=O)CCCCCCC(=O)O)c1. The smallest absolute Gasteiger partial charge is 0.303 e. The fourth-order valence-corrected chi connectivity index (χ4v) is 1.88. The second kappa shape index (κ2) is 7.64. The predicted molar refractivity (Wildman–Crippen MR) is 70.8 cm³/mol. The molecular formula is C15H20O3. The molecule has 0 spiro atoms. The highest BCUT2D eigenvalue weighted by atomic mass is 16.4. The Morgan fingerprint density at radius 3 is 2.33 bits per heavy atom. The summed E-state index contributed by atoms with van der Waals surface area (Å²) < 4.78 is 0. The Hall–Kier alpha value is -1.64. The van der Waals surface area contributed by atoms with Crippen LogP contribution in [-0.2, 0) is 4.79 Å². The van der Waals surface area contributed by atoms with Gasteiger partial charge in [-0.2, -0.15) is 0 Å². The summed E-state index contributed by atoms with van der Waals surface area (Å²) in [5.41, 5.74) is 1.88. The zero-order chi connectivity index (χ0) is 13.4. The average molecular weight is 248 g/mol. The van der Waals surface area contributed by atoms with E-state index in [2.05, 4.69) is 0 Å². The third-order valence-corrected chi connectivity index (χ3v) is 2.88. The van der Waals surface area contributed by atoms with Crippen molar-refractivity contribution in [1.82, 2.24) is 0 Å². The maximum atomic E-state index is 11.8. The first-order valence-corrected chi connectivity index (χ1v) is 6.41. The molecular weight excluding hydrogens is 228 g/mol. The van der Waals surface area contributed by atoms with Gasteiger partial charge in [0.15, 0.2) is 5.78 Å². The molecule has 0 fully saturated rings. The van der Waals surface area contributed by atoms with Crippen LogP contribution in [0.15, 0.2) is 24.3 Å². The van der Waals surface area contributed by atoms with Crippen LogP contribution in [0.5, 0.6) is 0 Å². The van der Waals surface area contributed by atoms with Crippen LogP contribution >= 0.6 is 0 Å². The summed E-state index contributed by atoms with van der Waals surface area (Å²) in [6.07, 6.45) is 4.13. The number of carbonyl (C=O) groups excluding carboxylic acids is 1. The molecule has 0 amide bonds. The minimum atomic E-state index is -0.745. The fourth-order valence-electron chi connectivity index (χ4n) is 1.88. The predicted octanol–water partition coefficient (Wildman–Crippen LogP) is 3.60. The standard InChI is InChI=1S/C15H20O3/c1-12-7-6-8-13(11-12)14(16)9-4-2-3-5-10-15(17)18/h6-8,11H,2-5,9-10H2,1H3,(H,17,18). The number of benzene rings is 1. The zero-order valence-electron chi connectivity index (χ0n) is 10.8. The van der Waals surface area contributed by atoms with Gasteiger partial charge in [0.1, 0.15) is 0 Å². The van der Waals surface area contributed by atoms with E-state index in [9.17, 15) is 9.59 Å². The molecule has 1 aromatic rings. The van der Waals surface area contributed by atoms with Crippen molar-refractivity contribution < 1.29 is 14.7 Å². The van der Waals surface area contributed by atoms with Gasteiger partial charge in [-0.3, -0.25) is 9.59 Å². The molecule has 0 saturated heterocycles. The maximum absolute atomic E-state index is 11.8. The van der Waals surface area contributed by atoms with Crippen LogP contribution in [0.25, 0.3) is 0 Å². The van der Waals surface area contributed by atoms with Gasteiger partial charge in [0.25, 0.3) is 0 Å². The molecule has 0 aliphatic rings. The largest absolute Gasteiger partial charge is 0.481 e. The number of carbonyl (C=O) groups is 2. The van der Waals surface area contributed by atoms with Crippen molar-refractivity contribution in [2.75, 3.05) is 0 Å². The molecule has 1 rings (SSSR count). The number of unbranched alkanes of at least 4 members (excludes halogenated alkanes) is 3. The van der Waals surface area contributed by atoms with E-state index >= 15 is 0 Å². The van der Waals surface area contributed by atoms with Gasteiger partial charge in [-0.25, -0.2) is 0 Å².